The highest BCUT2D eigenvalue weighted by atomic mass is 19.4. The van der Waals surface area contributed by atoms with Crippen LogP contribution in [0.25, 0.3) is 0 Å². The number of nitrogens with two attached hydrogens (primary N) is 1. The van der Waals surface area contributed by atoms with Crippen LogP contribution in [-0.4, -0.2) is 9.78 Å². The van der Waals surface area contributed by atoms with Crippen molar-refractivity contribution in [2.24, 2.45) is 0 Å². The molecule has 0 saturated heterocycles. The third-order valence-corrected chi connectivity index (χ3v) is 2.88. The molecule has 0 unspecified atom stereocenters. The Hall–Kier alpha value is -1.98. The molecule has 1 aromatic carbocycles. The van der Waals surface area contributed by atoms with Crippen LogP contribution in [-0.2, 0) is 19.1 Å². The van der Waals surface area contributed by atoms with E-state index in [4.69, 9.17) is 5.73 Å². The van der Waals surface area contributed by atoms with E-state index >= 15 is 0 Å². The van der Waals surface area contributed by atoms with Gasteiger partial charge in [0.25, 0.3) is 0 Å². The predicted octanol–water partition coefficient (Wildman–Crippen LogP) is 3.09. The minimum absolute atomic E-state index is 0.0516. The first-order valence-electron chi connectivity index (χ1n) is 5.88. The van der Waals surface area contributed by atoms with Crippen molar-refractivity contribution in [2.45, 2.75) is 26.1 Å². The van der Waals surface area contributed by atoms with E-state index in [1.54, 1.807) is 18.3 Å². The number of rotatable bonds is 3. The van der Waals surface area contributed by atoms with Crippen LogP contribution in [0.1, 0.15) is 23.6 Å². The molecule has 3 nitrogen and oxygen atoms in total. The van der Waals surface area contributed by atoms with Gasteiger partial charge in [-0.05, 0) is 29.7 Å². The lowest BCUT2D eigenvalue weighted by Gasteiger charge is -2.14. The van der Waals surface area contributed by atoms with Crippen molar-refractivity contribution in [2.75, 3.05) is 5.73 Å². The normalized spacial score (nSPS) is 11.8. The van der Waals surface area contributed by atoms with Crippen LogP contribution in [0.5, 0.6) is 0 Å². The molecule has 2 aromatic rings. The number of aryl methyl sites for hydroxylation is 1. The number of anilines is 1. The first-order valence-corrected chi connectivity index (χ1v) is 5.88. The van der Waals surface area contributed by atoms with E-state index in [1.165, 1.54) is 16.8 Å². The van der Waals surface area contributed by atoms with Crippen molar-refractivity contribution in [1.82, 2.24) is 9.78 Å². The van der Waals surface area contributed by atoms with E-state index in [0.29, 0.717) is 17.8 Å². The monoisotopic (exact) mass is 269 g/mol. The number of benzene rings is 1. The zero-order valence-electron chi connectivity index (χ0n) is 10.4. The Morgan fingerprint density at radius 2 is 2.00 bits per heavy atom. The number of nitrogens with zero attached hydrogens (tertiary/aromatic N) is 2. The van der Waals surface area contributed by atoms with Gasteiger partial charge in [-0.2, -0.15) is 18.3 Å². The molecule has 1 heterocycles. The Kier molecular flexibility index (Phi) is 3.50. The molecule has 0 saturated carbocycles. The molecule has 6 heteroatoms. The molecule has 1 aromatic heterocycles. The van der Waals surface area contributed by atoms with Gasteiger partial charge in [-0.15, -0.1) is 0 Å². The first-order chi connectivity index (χ1) is 8.90. The van der Waals surface area contributed by atoms with Gasteiger partial charge in [0.2, 0.25) is 0 Å². The van der Waals surface area contributed by atoms with Crippen molar-refractivity contribution in [1.29, 1.82) is 0 Å². The summed E-state index contributed by atoms with van der Waals surface area (Å²) in [5.41, 5.74) is 5.69. The molecule has 0 aliphatic rings. The minimum Gasteiger partial charge on any atom is -0.382 e. The average molecular weight is 269 g/mol. The van der Waals surface area contributed by atoms with Gasteiger partial charge in [0.15, 0.2) is 0 Å². The summed E-state index contributed by atoms with van der Waals surface area (Å²) in [7, 11) is 0. The van der Waals surface area contributed by atoms with Crippen LogP contribution in [0, 0.1) is 0 Å². The smallest absolute Gasteiger partial charge is 0.382 e. The summed E-state index contributed by atoms with van der Waals surface area (Å²) < 4.78 is 40.4. The molecular formula is C13H14F3N3. The standard InChI is InChI=1S/C13H14F3N3/c1-2-9-3-4-10(11(7-9)13(14,15)16)8-19-6-5-12(17)18-19/h3-7H,2,8H2,1H3,(H2,17,18). The Morgan fingerprint density at radius 3 is 2.53 bits per heavy atom. The van der Waals surface area contributed by atoms with Gasteiger partial charge in [0.05, 0.1) is 12.1 Å². The third kappa shape index (κ3) is 3.07. The Balaban J connectivity index is 2.39. The zero-order valence-corrected chi connectivity index (χ0v) is 10.4. The highest BCUT2D eigenvalue weighted by molar-refractivity contribution is 5.35. The largest absolute Gasteiger partial charge is 0.416 e. The number of alkyl halides is 3. The topological polar surface area (TPSA) is 43.8 Å². The SMILES string of the molecule is CCc1ccc(Cn2ccc(N)n2)c(C(F)(F)F)c1. The maximum atomic E-state index is 13.0. The summed E-state index contributed by atoms with van der Waals surface area (Å²) in [4.78, 5) is 0. The molecule has 0 spiro atoms. The summed E-state index contributed by atoms with van der Waals surface area (Å²) >= 11 is 0. The fourth-order valence-corrected chi connectivity index (χ4v) is 1.89. The second kappa shape index (κ2) is 4.95. The maximum Gasteiger partial charge on any atom is 0.416 e. The second-order valence-electron chi connectivity index (χ2n) is 4.28. The molecule has 0 bridgehead atoms. The minimum atomic E-state index is -4.36. The molecule has 19 heavy (non-hydrogen) atoms. The van der Waals surface area contributed by atoms with Gasteiger partial charge in [-0.1, -0.05) is 19.1 Å². The predicted molar refractivity (Wildman–Crippen MR) is 66.6 cm³/mol. The van der Waals surface area contributed by atoms with Gasteiger partial charge >= 0.3 is 6.18 Å². The van der Waals surface area contributed by atoms with Crippen molar-refractivity contribution in [3.63, 3.8) is 0 Å². The molecule has 0 aliphatic heterocycles. The quantitative estimate of drug-likeness (QED) is 0.930. The molecule has 2 N–H and O–H groups in total. The van der Waals surface area contributed by atoms with Gasteiger partial charge in [-0.25, -0.2) is 0 Å². The van der Waals surface area contributed by atoms with E-state index in [0.717, 1.165) is 0 Å². The van der Waals surface area contributed by atoms with Gasteiger partial charge < -0.3 is 5.73 Å². The summed E-state index contributed by atoms with van der Waals surface area (Å²) in [6.45, 7) is 1.87. The fraction of sp³-hybridized carbons (Fsp3) is 0.308. The molecular weight excluding hydrogens is 255 g/mol. The first kappa shape index (κ1) is 13.5. The fourth-order valence-electron chi connectivity index (χ4n) is 1.89. The van der Waals surface area contributed by atoms with Crippen LogP contribution < -0.4 is 5.73 Å². The number of aromatic nitrogens is 2. The number of nitrogen functional groups attached to an aromatic ring is 1. The lowest BCUT2D eigenvalue weighted by Crippen LogP contribution is -2.13. The molecule has 0 atom stereocenters. The van der Waals surface area contributed by atoms with Gasteiger partial charge in [0.1, 0.15) is 5.82 Å². The highest BCUT2D eigenvalue weighted by Crippen LogP contribution is 2.33. The van der Waals surface area contributed by atoms with Crippen molar-refractivity contribution in [3.8, 4) is 0 Å². The summed E-state index contributed by atoms with van der Waals surface area (Å²) in [5.74, 6) is 0.290. The van der Waals surface area contributed by atoms with Crippen LogP contribution in [0.4, 0.5) is 19.0 Å². The Labute approximate surface area is 108 Å². The molecule has 102 valence electrons. The number of hydrogen-bond acceptors (Lipinski definition) is 2. The number of halogens is 3. The Morgan fingerprint density at radius 1 is 1.26 bits per heavy atom. The maximum absolute atomic E-state index is 13.0. The van der Waals surface area contributed by atoms with Gasteiger partial charge in [0, 0.05) is 6.20 Å². The summed E-state index contributed by atoms with van der Waals surface area (Å²) in [6.07, 6.45) is -2.24. The van der Waals surface area contributed by atoms with E-state index in [9.17, 15) is 13.2 Å². The molecule has 0 amide bonds. The van der Waals surface area contributed by atoms with E-state index in [-0.39, 0.29) is 12.1 Å². The number of hydrogen-bond donors (Lipinski definition) is 1. The van der Waals surface area contributed by atoms with Crippen LogP contribution >= 0.6 is 0 Å². The average Bonchev–Trinajstić information content (AvgIpc) is 2.74. The summed E-state index contributed by atoms with van der Waals surface area (Å²) in [5, 5.41) is 3.90. The van der Waals surface area contributed by atoms with Gasteiger partial charge in [-0.3, -0.25) is 4.68 Å². The van der Waals surface area contributed by atoms with Crippen molar-refractivity contribution in [3.05, 3.63) is 47.2 Å². The lowest BCUT2D eigenvalue weighted by atomic mass is 10.0. The summed E-state index contributed by atoms with van der Waals surface area (Å²) in [6, 6.07) is 5.95. The molecule has 0 fully saturated rings. The molecule has 2 rings (SSSR count). The second-order valence-corrected chi connectivity index (χ2v) is 4.28. The van der Waals surface area contributed by atoms with Crippen LogP contribution in [0.3, 0.4) is 0 Å². The highest BCUT2D eigenvalue weighted by Gasteiger charge is 2.33. The third-order valence-electron chi connectivity index (χ3n) is 2.88. The zero-order chi connectivity index (χ0) is 14.0. The molecule has 0 radical (unpaired) electrons. The molecule has 0 aliphatic carbocycles. The van der Waals surface area contributed by atoms with E-state index in [1.807, 2.05) is 6.92 Å². The lowest BCUT2D eigenvalue weighted by molar-refractivity contribution is -0.138. The van der Waals surface area contributed by atoms with Crippen molar-refractivity contribution < 1.29 is 13.2 Å². The van der Waals surface area contributed by atoms with E-state index < -0.39 is 11.7 Å². The Bertz CT molecular complexity index is 573. The van der Waals surface area contributed by atoms with Crippen LogP contribution in [0.15, 0.2) is 30.5 Å². The van der Waals surface area contributed by atoms with Crippen LogP contribution in [0.2, 0.25) is 0 Å². The van der Waals surface area contributed by atoms with Crippen molar-refractivity contribution >= 4 is 5.82 Å². The van der Waals surface area contributed by atoms with E-state index in [2.05, 4.69) is 5.10 Å².